The van der Waals surface area contributed by atoms with Gasteiger partial charge in [0.1, 0.15) is 5.75 Å². The van der Waals surface area contributed by atoms with Crippen molar-refractivity contribution >= 4 is 22.6 Å². The largest absolute Gasteiger partial charge is 0.497 e. The smallest absolute Gasteiger partial charge is 0.262 e. The molecule has 3 aromatic rings. The van der Waals surface area contributed by atoms with E-state index in [2.05, 4.69) is 15.5 Å². The number of methoxy groups -OCH3 is 1. The van der Waals surface area contributed by atoms with Crippen molar-refractivity contribution in [2.24, 2.45) is 5.10 Å². The fourth-order valence-electron chi connectivity index (χ4n) is 2.58. The summed E-state index contributed by atoms with van der Waals surface area (Å²) < 4.78 is 6.74. The first-order valence-corrected chi connectivity index (χ1v) is 8.08. The molecule has 0 bridgehead atoms. The molecular weight excluding hydrogens is 316 g/mol. The van der Waals surface area contributed by atoms with Crippen LogP contribution in [0.1, 0.15) is 19.4 Å². The number of hydrogen-bond acceptors (Lipinski definition) is 5. The Morgan fingerprint density at radius 3 is 2.60 bits per heavy atom. The van der Waals surface area contributed by atoms with Crippen molar-refractivity contribution in [2.75, 3.05) is 12.5 Å². The van der Waals surface area contributed by atoms with Crippen molar-refractivity contribution in [1.29, 1.82) is 0 Å². The molecule has 0 saturated heterocycles. The molecule has 6 heteroatoms. The summed E-state index contributed by atoms with van der Waals surface area (Å²) in [5.41, 5.74) is 5.25. The Morgan fingerprint density at radius 1 is 1.20 bits per heavy atom. The summed E-state index contributed by atoms with van der Waals surface area (Å²) >= 11 is 0. The maximum atomic E-state index is 12.6. The number of para-hydroxylation sites is 1. The molecule has 1 heterocycles. The average molecular weight is 336 g/mol. The number of nitrogens with zero attached hydrogens (tertiary/aromatic N) is 3. The summed E-state index contributed by atoms with van der Waals surface area (Å²) in [6.07, 6.45) is 0. The molecule has 6 nitrogen and oxygen atoms in total. The van der Waals surface area contributed by atoms with Crippen LogP contribution < -0.4 is 15.7 Å². The van der Waals surface area contributed by atoms with Gasteiger partial charge in [0.05, 0.1) is 23.7 Å². The quantitative estimate of drug-likeness (QED) is 0.573. The van der Waals surface area contributed by atoms with E-state index in [1.165, 1.54) is 0 Å². The number of hydrazone groups is 1. The molecular formula is C19H20N4O2. The highest BCUT2D eigenvalue weighted by molar-refractivity contribution is 5.99. The zero-order valence-electron chi connectivity index (χ0n) is 14.5. The second-order valence-electron chi connectivity index (χ2n) is 5.54. The number of rotatable bonds is 5. The number of hydrogen-bond donors (Lipinski definition) is 1. The second-order valence-corrected chi connectivity index (χ2v) is 5.54. The van der Waals surface area contributed by atoms with E-state index in [0.29, 0.717) is 23.4 Å². The lowest BCUT2D eigenvalue weighted by Crippen LogP contribution is -2.23. The minimum absolute atomic E-state index is 0.0760. The third-order valence-corrected chi connectivity index (χ3v) is 4.01. The first kappa shape index (κ1) is 16.7. The second kappa shape index (κ2) is 7.17. The van der Waals surface area contributed by atoms with Gasteiger partial charge >= 0.3 is 0 Å². The lowest BCUT2D eigenvalue weighted by molar-refractivity contribution is 0.415. The number of anilines is 1. The Labute approximate surface area is 145 Å². The Balaban J connectivity index is 1.95. The van der Waals surface area contributed by atoms with E-state index >= 15 is 0 Å². The minimum Gasteiger partial charge on any atom is -0.497 e. The predicted octanol–water partition coefficient (Wildman–Crippen LogP) is 3.26. The molecule has 1 aromatic heterocycles. The van der Waals surface area contributed by atoms with Crippen LogP contribution in [0, 0.1) is 0 Å². The molecule has 0 radical (unpaired) electrons. The van der Waals surface area contributed by atoms with Crippen molar-refractivity contribution in [3.05, 3.63) is 64.4 Å². The maximum Gasteiger partial charge on any atom is 0.262 e. The van der Waals surface area contributed by atoms with Crippen LogP contribution in [0.5, 0.6) is 5.75 Å². The van der Waals surface area contributed by atoms with Crippen LogP contribution in [0.2, 0.25) is 0 Å². The van der Waals surface area contributed by atoms with Crippen LogP contribution in [-0.2, 0) is 6.54 Å². The van der Waals surface area contributed by atoms with E-state index in [0.717, 1.165) is 17.0 Å². The van der Waals surface area contributed by atoms with E-state index < -0.39 is 0 Å². The highest BCUT2D eigenvalue weighted by Crippen LogP contribution is 2.13. The van der Waals surface area contributed by atoms with Gasteiger partial charge in [-0.05, 0) is 55.8 Å². The van der Waals surface area contributed by atoms with Crippen LogP contribution in [0.3, 0.4) is 0 Å². The van der Waals surface area contributed by atoms with Gasteiger partial charge < -0.3 is 4.74 Å². The third-order valence-electron chi connectivity index (χ3n) is 4.01. The molecule has 25 heavy (non-hydrogen) atoms. The summed E-state index contributed by atoms with van der Waals surface area (Å²) in [6.45, 7) is 4.31. The average Bonchev–Trinajstić information content (AvgIpc) is 2.66. The number of ether oxygens (including phenoxy) is 1. The van der Waals surface area contributed by atoms with E-state index in [4.69, 9.17) is 4.74 Å². The predicted molar refractivity (Wildman–Crippen MR) is 101 cm³/mol. The fourth-order valence-corrected chi connectivity index (χ4v) is 2.58. The summed E-state index contributed by atoms with van der Waals surface area (Å²) in [5, 5.41) is 4.98. The van der Waals surface area contributed by atoms with Gasteiger partial charge in [-0.2, -0.15) is 5.10 Å². The van der Waals surface area contributed by atoms with Crippen LogP contribution in [0.25, 0.3) is 10.9 Å². The van der Waals surface area contributed by atoms with Crippen LogP contribution >= 0.6 is 0 Å². The maximum absolute atomic E-state index is 12.6. The summed E-state index contributed by atoms with van der Waals surface area (Å²) in [5.74, 6) is 1.22. The number of fused-ring (bicyclic) bond motifs is 1. The van der Waals surface area contributed by atoms with Gasteiger partial charge in [-0.3, -0.25) is 9.36 Å². The molecule has 0 amide bonds. The molecule has 2 aromatic carbocycles. The Morgan fingerprint density at radius 2 is 1.92 bits per heavy atom. The molecule has 0 aliphatic heterocycles. The van der Waals surface area contributed by atoms with E-state index in [1.807, 2.05) is 56.3 Å². The summed E-state index contributed by atoms with van der Waals surface area (Å²) in [7, 11) is 1.63. The van der Waals surface area contributed by atoms with Gasteiger partial charge in [-0.1, -0.05) is 12.1 Å². The topological polar surface area (TPSA) is 68.5 Å². The van der Waals surface area contributed by atoms with Crippen LogP contribution in [0.15, 0.2) is 58.4 Å². The summed E-state index contributed by atoms with van der Waals surface area (Å²) in [4.78, 5) is 17.1. The monoisotopic (exact) mass is 336 g/mol. The number of aromatic nitrogens is 2. The molecule has 128 valence electrons. The van der Waals surface area contributed by atoms with Gasteiger partial charge in [-0.15, -0.1) is 0 Å². The Bertz CT molecular complexity index is 975. The molecule has 0 unspecified atom stereocenters. The van der Waals surface area contributed by atoms with Gasteiger partial charge in [0.2, 0.25) is 5.95 Å². The molecule has 0 aliphatic carbocycles. The lowest BCUT2D eigenvalue weighted by Gasteiger charge is -2.11. The van der Waals surface area contributed by atoms with E-state index in [9.17, 15) is 4.79 Å². The van der Waals surface area contributed by atoms with Crippen molar-refractivity contribution < 1.29 is 4.74 Å². The van der Waals surface area contributed by atoms with E-state index in [-0.39, 0.29) is 5.56 Å². The molecule has 3 rings (SSSR count). The standard InChI is InChI=1S/C19H20N4O2/c1-4-23-18(24)16-7-5-6-8-17(16)20-19(23)22-21-13(2)14-9-11-15(25-3)12-10-14/h5-12H,4H2,1-3H3,(H,20,22)/b21-13-. The molecule has 1 N–H and O–H groups in total. The SMILES string of the molecule is CCn1c(N/N=C(/C)c2ccc(OC)cc2)nc2ccccc2c1=O. The molecule has 0 aliphatic rings. The highest BCUT2D eigenvalue weighted by atomic mass is 16.5. The first-order valence-electron chi connectivity index (χ1n) is 8.08. The summed E-state index contributed by atoms with van der Waals surface area (Å²) in [6, 6.07) is 14.9. The zero-order chi connectivity index (χ0) is 17.8. The zero-order valence-corrected chi connectivity index (χ0v) is 14.5. The van der Waals surface area contributed by atoms with Crippen LogP contribution in [0.4, 0.5) is 5.95 Å². The number of nitrogens with one attached hydrogen (secondary N) is 1. The third kappa shape index (κ3) is 3.38. The Kier molecular flexibility index (Phi) is 4.79. The molecule has 0 atom stereocenters. The van der Waals surface area contributed by atoms with Crippen molar-refractivity contribution in [3.8, 4) is 5.75 Å². The van der Waals surface area contributed by atoms with Crippen molar-refractivity contribution in [3.63, 3.8) is 0 Å². The molecule has 0 saturated carbocycles. The van der Waals surface area contributed by atoms with Crippen LogP contribution in [-0.4, -0.2) is 22.4 Å². The minimum atomic E-state index is -0.0760. The first-order chi connectivity index (χ1) is 12.1. The van der Waals surface area contributed by atoms with Crippen molar-refractivity contribution in [2.45, 2.75) is 20.4 Å². The lowest BCUT2D eigenvalue weighted by atomic mass is 10.1. The van der Waals surface area contributed by atoms with E-state index in [1.54, 1.807) is 17.7 Å². The molecule has 0 spiro atoms. The van der Waals surface area contributed by atoms with Gasteiger partial charge in [0.25, 0.3) is 5.56 Å². The van der Waals surface area contributed by atoms with Gasteiger partial charge in [0.15, 0.2) is 0 Å². The number of benzene rings is 2. The van der Waals surface area contributed by atoms with Crippen molar-refractivity contribution in [1.82, 2.24) is 9.55 Å². The van der Waals surface area contributed by atoms with Gasteiger partial charge in [0, 0.05) is 6.54 Å². The normalized spacial score (nSPS) is 11.6. The fraction of sp³-hybridized carbons (Fsp3) is 0.211. The van der Waals surface area contributed by atoms with Gasteiger partial charge in [-0.25, -0.2) is 10.4 Å². The highest BCUT2D eigenvalue weighted by Gasteiger charge is 2.09. The Hall–Kier alpha value is -3.15. The molecule has 0 fully saturated rings.